The molecule has 0 radical (unpaired) electrons. The number of amides is 2. The third-order valence-corrected chi connectivity index (χ3v) is 3.78. The second-order valence-electron chi connectivity index (χ2n) is 5.11. The van der Waals surface area contributed by atoms with Crippen LogP contribution in [0.25, 0.3) is 0 Å². The fourth-order valence-electron chi connectivity index (χ4n) is 2.26. The first-order valence-electron chi connectivity index (χ1n) is 7.02. The number of aromatic nitrogens is 1. The molecule has 7 heteroatoms. The van der Waals surface area contributed by atoms with Gasteiger partial charge in [-0.1, -0.05) is 30.3 Å². The summed E-state index contributed by atoms with van der Waals surface area (Å²) < 4.78 is 6.07. The zero-order chi connectivity index (χ0) is 16.2. The van der Waals surface area contributed by atoms with E-state index >= 15 is 0 Å². The van der Waals surface area contributed by atoms with Crippen molar-refractivity contribution in [2.75, 3.05) is 11.9 Å². The molecule has 2 heterocycles. The van der Waals surface area contributed by atoms with E-state index in [1.165, 1.54) is 4.90 Å². The first-order valence-corrected chi connectivity index (χ1v) is 7.81. The summed E-state index contributed by atoms with van der Waals surface area (Å²) in [5.74, 6) is 0.173. The van der Waals surface area contributed by atoms with Gasteiger partial charge in [0.2, 0.25) is 5.91 Å². The number of rotatable bonds is 2. The first kappa shape index (κ1) is 15.5. The number of hydrogen-bond acceptors (Lipinski definition) is 4. The Balaban J connectivity index is 1.71. The van der Waals surface area contributed by atoms with E-state index in [4.69, 9.17) is 4.74 Å². The van der Waals surface area contributed by atoms with Crippen molar-refractivity contribution < 1.29 is 14.3 Å². The van der Waals surface area contributed by atoms with Crippen molar-refractivity contribution in [2.24, 2.45) is 0 Å². The van der Waals surface area contributed by atoms with Gasteiger partial charge in [-0.05, 0) is 27.6 Å². The van der Waals surface area contributed by atoms with Crippen LogP contribution in [0.15, 0.2) is 47.1 Å². The van der Waals surface area contributed by atoms with Gasteiger partial charge < -0.3 is 10.1 Å². The van der Waals surface area contributed by atoms with Crippen LogP contribution in [-0.4, -0.2) is 28.4 Å². The molecule has 2 amide bonds. The zero-order valence-corrected chi connectivity index (χ0v) is 13.7. The molecule has 1 aliphatic heterocycles. The van der Waals surface area contributed by atoms with Crippen LogP contribution in [0.1, 0.15) is 11.1 Å². The Morgan fingerprint density at radius 2 is 2.09 bits per heavy atom. The largest absolute Gasteiger partial charge is 0.445 e. The van der Waals surface area contributed by atoms with Gasteiger partial charge in [0.1, 0.15) is 19.0 Å². The summed E-state index contributed by atoms with van der Waals surface area (Å²) in [5.41, 5.74) is 1.65. The second kappa shape index (κ2) is 6.78. The van der Waals surface area contributed by atoms with Gasteiger partial charge in [-0.25, -0.2) is 9.78 Å². The highest BCUT2D eigenvalue weighted by atomic mass is 79.9. The minimum Gasteiger partial charge on any atom is -0.445 e. The standard InChI is InChI=1S/C16H14BrN3O3/c17-13-6-12-8-20(9-14(21)19-15(12)18-7-13)16(22)23-10-11-4-2-1-3-5-11/h1-7H,8-10H2,(H,18,19,21). The summed E-state index contributed by atoms with van der Waals surface area (Å²) >= 11 is 3.34. The third-order valence-electron chi connectivity index (χ3n) is 3.35. The maximum atomic E-state index is 12.3. The zero-order valence-electron chi connectivity index (χ0n) is 12.2. The molecule has 23 heavy (non-hydrogen) atoms. The van der Waals surface area contributed by atoms with Crippen molar-refractivity contribution >= 4 is 33.7 Å². The van der Waals surface area contributed by atoms with Crippen LogP contribution in [0, 0.1) is 0 Å². The van der Waals surface area contributed by atoms with E-state index in [0.717, 1.165) is 15.6 Å². The summed E-state index contributed by atoms with van der Waals surface area (Å²) in [6, 6.07) is 11.2. The van der Waals surface area contributed by atoms with Crippen molar-refractivity contribution in [3.8, 4) is 0 Å². The number of ether oxygens (including phenoxy) is 1. The van der Waals surface area contributed by atoms with E-state index in [2.05, 4.69) is 26.2 Å². The fraction of sp³-hybridized carbons (Fsp3) is 0.188. The Morgan fingerprint density at radius 1 is 1.30 bits per heavy atom. The highest BCUT2D eigenvalue weighted by molar-refractivity contribution is 9.10. The lowest BCUT2D eigenvalue weighted by Crippen LogP contribution is -2.35. The van der Waals surface area contributed by atoms with Crippen molar-refractivity contribution in [1.82, 2.24) is 9.88 Å². The topological polar surface area (TPSA) is 71.5 Å². The molecule has 1 N–H and O–H groups in total. The van der Waals surface area contributed by atoms with Gasteiger partial charge >= 0.3 is 6.09 Å². The number of pyridine rings is 1. The lowest BCUT2D eigenvalue weighted by atomic mass is 10.2. The van der Waals surface area contributed by atoms with E-state index in [9.17, 15) is 9.59 Å². The lowest BCUT2D eigenvalue weighted by molar-refractivity contribution is -0.117. The van der Waals surface area contributed by atoms with Crippen LogP contribution in [0.2, 0.25) is 0 Å². The summed E-state index contributed by atoms with van der Waals surface area (Å²) in [6.45, 7) is 0.358. The highest BCUT2D eigenvalue weighted by Crippen LogP contribution is 2.22. The van der Waals surface area contributed by atoms with Crippen LogP contribution in [0.5, 0.6) is 0 Å². The third kappa shape index (κ3) is 3.87. The molecule has 118 valence electrons. The van der Waals surface area contributed by atoms with Crippen molar-refractivity contribution in [3.05, 3.63) is 58.2 Å². The first-order chi connectivity index (χ1) is 11.1. The SMILES string of the molecule is O=C1CN(C(=O)OCc2ccccc2)Cc2cc(Br)cnc2N1. The molecular weight excluding hydrogens is 362 g/mol. The van der Waals surface area contributed by atoms with Gasteiger partial charge in [-0.15, -0.1) is 0 Å². The molecule has 0 atom stereocenters. The Kier molecular flexibility index (Phi) is 4.57. The van der Waals surface area contributed by atoms with Crippen LogP contribution in [-0.2, 0) is 22.7 Å². The summed E-state index contributed by atoms with van der Waals surface area (Å²) in [4.78, 5) is 29.7. The van der Waals surface area contributed by atoms with Gasteiger partial charge in [0.15, 0.2) is 0 Å². The van der Waals surface area contributed by atoms with Crippen molar-refractivity contribution in [1.29, 1.82) is 0 Å². The number of carbonyl (C=O) groups is 2. The average Bonchev–Trinajstić information content (AvgIpc) is 2.71. The van der Waals surface area contributed by atoms with Crippen molar-refractivity contribution in [3.63, 3.8) is 0 Å². The van der Waals surface area contributed by atoms with Crippen LogP contribution in [0.4, 0.5) is 10.6 Å². The van der Waals surface area contributed by atoms with E-state index in [-0.39, 0.29) is 25.6 Å². The lowest BCUT2D eigenvalue weighted by Gasteiger charge is -2.19. The number of benzene rings is 1. The molecule has 0 fully saturated rings. The number of hydrogen-bond donors (Lipinski definition) is 1. The molecule has 6 nitrogen and oxygen atoms in total. The monoisotopic (exact) mass is 375 g/mol. The molecule has 0 unspecified atom stereocenters. The molecule has 0 bridgehead atoms. The summed E-state index contributed by atoms with van der Waals surface area (Å²) in [5, 5.41) is 2.69. The summed E-state index contributed by atoms with van der Waals surface area (Å²) in [6.07, 6.45) is 1.07. The van der Waals surface area contributed by atoms with Gasteiger partial charge in [-0.2, -0.15) is 0 Å². The molecule has 1 aromatic carbocycles. The normalized spacial score (nSPS) is 13.8. The van der Waals surface area contributed by atoms with E-state index < -0.39 is 6.09 Å². The number of carbonyl (C=O) groups excluding carboxylic acids is 2. The van der Waals surface area contributed by atoms with Gasteiger partial charge in [0.05, 0.1) is 6.54 Å². The Labute approximate surface area is 141 Å². The quantitative estimate of drug-likeness (QED) is 0.875. The number of halogens is 1. The molecule has 1 aromatic heterocycles. The molecule has 0 spiro atoms. The molecular formula is C16H14BrN3O3. The number of fused-ring (bicyclic) bond motifs is 1. The maximum Gasteiger partial charge on any atom is 0.410 e. The minimum atomic E-state index is -0.531. The smallest absolute Gasteiger partial charge is 0.410 e. The van der Waals surface area contributed by atoms with E-state index in [1.54, 1.807) is 6.20 Å². The van der Waals surface area contributed by atoms with E-state index in [1.807, 2.05) is 36.4 Å². The Bertz CT molecular complexity index is 737. The van der Waals surface area contributed by atoms with Crippen molar-refractivity contribution in [2.45, 2.75) is 13.2 Å². The van der Waals surface area contributed by atoms with Crippen LogP contribution >= 0.6 is 15.9 Å². The number of anilines is 1. The second-order valence-corrected chi connectivity index (χ2v) is 6.02. The van der Waals surface area contributed by atoms with Gasteiger partial charge in [0.25, 0.3) is 0 Å². The molecule has 0 aliphatic carbocycles. The number of nitrogens with zero attached hydrogens (tertiary/aromatic N) is 2. The molecule has 0 saturated heterocycles. The van der Waals surface area contributed by atoms with Crippen LogP contribution < -0.4 is 5.32 Å². The Hall–Kier alpha value is -2.41. The maximum absolute atomic E-state index is 12.3. The van der Waals surface area contributed by atoms with Gasteiger partial charge in [0, 0.05) is 16.2 Å². The van der Waals surface area contributed by atoms with Crippen LogP contribution in [0.3, 0.4) is 0 Å². The predicted molar refractivity (Wildman–Crippen MR) is 87.6 cm³/mol. The summed E-state index contributed by atoms with van der Waals surface area (Å²) in [7, 11) is 0. The molecule has 1 aliphatic rings. The molecule has 0 saturated carbocycles. The molecule has 2 aromatic rings. The number of nitrogens with one attached hydrogen (secondary N) is 1. The fourth-order valence-corrected chi connectivity index (χ4v) is 2.64. The minimum absolute atomic E-state index is 0.0679. The average molecular weight is 376 g/mol. The highest BCUT2D eigenvalue weighted by Gasteiger charge is 2.25. The Morgan fingerprint density at radius 3 is 2.87 bits per heavy atom. The van der Waals surface area contributed by atoms with E-state index in [0.29, 0.717) is 5.82 Å². The van der Waals surface area contributed by atoms with Gasteiger partial charge in [-0.3, -0.25) is 9.69 Å². The predicted octanol–water partition coefficient (Wildman–Crippen LogP) is 2.94. The molecule has 3 rings (SSSR count).